The molecular formula is C16H18N2O. The quantitative estimate of drug-likeness (QED) is 0.636. The summed E-state index contributed by atoms with van der Waals surface area (Å²) >= 11 is 0. The van der Waals surface area contributed by atoms with E-state index in [9.17, 15) is 0 Å². The Labute approximate surface area is 113 Å². The molecule has 0 aliphatic carbocycles. The van der Waals surface area contributed by atoms with Gasteiger partial charge in [0.05, 0.1) is 5.84 Å². The fourth-order valence-corrected chi connectivity index (χ4v) is 1.77. The number of nitrogens with two attached hydrogens (primary N) is 1. The molecular weight excluding hydrogens is 236 g/mol. The van der Waals surface area contributed by atoms with Gasteiger partial charge >= 0.3 is 0 Å². The fourth-order valence-electron chi connectivity index (χ4n) is 1.77. The molecule has 0 atom stereocenters. The molecule has 0 saturated carbocycles. The zero-order valence-corrected chi connectivity index (χ0v) is 11.0. The Morgan fingerprint density at radius 2 is 1.58 bits per heavy atom. The van der Waals surface area contributed by atoms with Crippen LogP contribution in [0.25, 0.3) is 0 Å². The first-order chi connectivity index (χ1) is 9.13. The van der Waals surface area contributed by atoms with Gasteiger partial charge in [-0.2, -0.15) is 0 Å². The molecule has 2 aromatic carbocycles. The normalized spacial score (nSPS) is 10.2. The predicted molar refractivity (Wildman–Crippen MR) is 77.6 cm³/mol. The van der Waals surface area contributed by atoms with E-state index in [0.717, 1.165) is 16.9 Å². The van der Waals surface area contributed by atoms with Crippen LogP contribution in [0.4, 0.5) is 0 Å². The van der Waals surface area contributed by atoms with Crippen molar-refractivity contribution in [2.24, 2.45) is 5.73 Å². The molecule has 3 nitrogen and oxygen atoms in total. The van der Waals surface area contributed by atoms with Gasteiger partial charge in [0.2, 0.25) is 0 Å². The zero-order valence-electron chi connectivity index (χ0n) is 11.0. The van der Waals surface area contributed by atoms with Gasteiger partial charge in [-0.05, 0) is 30.2 Å². The van der Waals surface area contributed by atoms with Crippen LogP contribution in [0.1, 0.15) is 16.7 Å². The van der Waals surface area contributed by atoms with Crippen LogP contribution in [-0.4, -0.2) is 5.84 Å². The van der Waals surface area contributed by atoms with E-state index in [1.54, 1.807) is 0 Å². The van der Waals surface area contributed by atoms with E-state index in [1.165, 1.54) is 5.56 Å². The molecule has 0 bridgehead atoms. The molecule has 0 heterocycles. The summed E-state index contributed by atoms with van der Waals surface area (Å²) in [6, 6.07) is 16.0. The molecule has 0 aliphatic rings. The van der Waals surface area contributed by atoms with Crippen LogP contribution < -0.4 is 10.5 Å². The molecule has 0 aliphatic heterocycles. The second-order valence-electron chi connectivity index (χ2n) is 4.62. The maximum absolute atomic E-state index is 7.24. The largest absolute Gasteiger partial charge is 0.489 e. The highest BCUT2D eigenvalue weighted by atomic mass is 16.5. The zero-order chi connectivity index (χ0) is 13.7. The molecule has 0 saturated heterocycles. The number of hydrogen-bond donors (Lipinski definition) is 2. The number of nitrogens with one attached hydrogen (secondary N) is 1. The lowest BCUT2D eigenvalue weighted by atomic mass is 10.1. The van der Waals surface area contributed by atoms with Crippen molar-refractivity contribution in [3.8, 4) is 5.75 Å². The van der Waals surface area contributed by atoms with Gasteiger partial charge in [0.25, 0.3) is 0 Å². The average Bonchev–Trinajstić information content (AvgIpc) is 2.39. The van der Waals surface area contributed by atoms with Crippen molar-refractivity contribution in [3.63, 3.8) is 0 Å². The first-order valence-corrected chi connectivity index (χ1v) is 6.23. The first kappa shape index (κ1) is 13.1. The van der Waals surface area contributed by atoms with Crippen molar-refractivity contribution >= 4 is 5.84 Å². The Kier molecular flexibility index (Phi) is 4.18. The standard InChI is InChI=1S/C16H18N2O/c1-12-2-4-14(5-3-12)11-19-15-8-6-13(7-9-15)10-16(17)18/h2-9H,10-11H2,1H3,(H3,17,18). The first-order valence-electron chi connectivity index (χ1n) is 6.23. The third-order valence-corrected chi connectivity index (χ3v) is 2.84. The van der Waals surface area contributed by atoms with Crippen LogP contribution in [0.3, 0.4) is 0 Å². The maximum atomic E-state index is 7.24. The summed E-state index contributed by atoms with van der Waals surface area (Å²) in [5.41, 5.74) is 8.78. The van der Waals surface area contributed by atoms with Crippen molar-refractivity contribution in [3.05, 3.63) is 65.2 Å². The van der Waals surface area contributed by atoms with Gasteiger partial charge < -0.3 is 10.5 Å². The summed E-state index contributed by atoms with van der Waals surface area (Å²) in [6.45, 7) is 2.63. The van der Waals surface area contributed by atoms with Gasteiger partial charge in [-0.3, -0.25) is 5.41 Å². The SMILES string of the molecule is Cc1ccc(COc2ccc(CC(=N)N)cc2)cc1. The molecule has 19 heavy (non-hydrogen) atoms. The van der Waals surface area contributed by atoms with Crippen LogP contribution >= 0.6 is 0 Å². The molecule has 0 aromatic heterocycles. The number of aryl methyl sites for hydroxylation is 1. The van der Waals surface area contributed by atoms with Crippen molar-refractivity contribution < 1.29 is 4.74 Å². The molecule has 2 aromatic rings. The van der Waals surface area contributed by atoms with E-state index in [0.29, 0.717) is 13.0 Å². The number of rotatable bonds is 5. The minimum Gasteiger partial charge on any atom is -0.489 e. The molecule has 0 radical (unpaired) electrons. The Morgan fingerprint density at radius 3 is 2.16 bits per heavy atom. The summed E-state index contributed by atoms with van der Waals surface area (Å²) in [5, 5.41) is 7.24. The van der Waals surface area contributed by atoms with Crippen molar-refractivity contribution in [1.29, 1.82) is 5.41 Å². The Bertz CT molecular complexity index is 544. The highest BCUT2D eigenvalue weighted by Crippen LogP contribution is 2.14. The average molecular weight is 254 g/mol. The Hall–Kier alpha value is -2.29. The van der Waals surface area contributed by atoms with Gasteiger partial charge in [-0.25, -0.2) is 0 Å². The third-order valence-electron chi connectivity index (χ3n) is 2.84. The summed E-state index contributed by atoms with van der Waals surface area (Å²) in [6.07, 6.45) is 0.484. The number of amidine groups is 1. The van der Waals surface area contributed by atoms with Crippen LogP contribution in [0.2, 0.25) is 0 Å². The third kappa shape index (κ3) is 4.14. The van der Waals surface area contributed by atoms with Crippen LogP contribution in [0.5, 0.6) is 5.75 Å². The predicted octanol–water partition coefficient (Wildman–Crippen LogP) is 3.05. The lowest BCUT2D eigenvalue weighted by Crippen LogP contribution is -2.12. The molecule has 3 N–H and O–H groups in total. The van der Waals surface area contributed by atoms with E-state index in [4.69, 9.17) is 15.9 Å². The lowest BCUT2D eigenvalue weighted by molar-refractivity contribution is 0.306. The van der Waals surface area contributed by atoms with Crippen LogP contribution in [0.15, 0.2) is 48.5 Å². The monoisotopic (exact) mass is 254 g/mol. The maximum Gasteiger partial charge on any atom is 0.119 e. The van der Waals surface area contributed by atoms with Crippen molar-refractivity contribution in [2.45, 2.75) is 20.0 Å². The molecule has 0 amide bonds. The topological polar surface area (TPSA) is 59.1 Å². The van der Waals surface area contributed by atoms with Crippen LogP contribution in [-0.2, 0) is 13.0 Å². The minimum atomic E-state index is 0.174. The van der Waals surface area contributed by atoms with E-state index < -0.39 is 0 Å². The molecule has 0 spiro atoms. The van der Waals surface area contributed by atoms with Gasteiger partial charge in [0, 0.05) is 6.42 Å². The summed E-state index contributed by atoms with van der Waals surface area (Å²) in [4.78, 5) is 0. The highest BCUT2D eigenvalue weighted by molar-refractivity contribution is 5.79. The molecule has 0 fully saturated rings. The molecule has 2 rings (SSSR count). The lowest BCUT2D eigenvalue weighted by Gasteiger charge is -2.07. The minimum absolute atomic E-state index is 0.174. The highest BCUT2D eigenvalue weighted by Gasteiger charge is 1.98. The van der Waals surface area contributed by atoms with E-state index in [1.807, 2.05) is 24.3 Å². The van der Waals surface area contributed by atoms with E-state index in [2.05, 4.69) is 31.2 Å². The number of ether oxygens (including phenoxy) is 1. The Balaban J connectivity index is 1.92. The van der Waals surface area contributed by atoms with Crippen molar-refractivity contribution in [2.75, 3.05) is 0 Å². The second-order valence-corrected chi connectivity index (χ2v) is 4.62. The van der Waals surface area contributed by atoms with Gasteiger partial charge in [0.1, 0.15) is 12.4 Å². The van der Waals surface area contributed by atoms with Crippen LogP contribution in [0, 0.1) is 12.3 Å². The van der Waals surface area contributed by atoms with E-state index in [-0.39, 0.29) is 5.84 Å². The van der Waals surface area contributed by atoms with Crippen molar-refractivity contribution in [1.82, 2.24) is 0 Å². The van der Waals surface area contributed by atoms with E-state index >= 15 is 0 Å². The van der Waals surface area contributed by atoms with Gasteiger partial charge in [-0.15, -0.1) is 0 Å². The molecule has 0 unspecified atom stereocenters. The Morgan fingerprint density at radius 1 is 1.00 bits per heavy atom. The summed E-state index contributed by atoms with van der Waals surface area (Å²) < 4.78 is 5.71. The number of benzene rings is 2. The van der Waals surface area contributed by atoms with Gasteiger partial charge in [-0.1, -0.05) is 42.0 Å². The summed E-state index contributed by atoms with van der Waals surface area (Å²) in [7, 11) is 0. The summed E-state index contributed by atoms with van der Waals surface area (Å²) in [5.74, 6) is 1.00. The smallest absolute Gasteiger partial charge is 0.119 e. The molecule has 3 heteroatoms. The van der Waals surface area contributed by atoms with Gasteiger partial charge in [0.15, 0.2) is 0 Å². The fraction of sp³-hybridized carbons (Fsp3) is 0.188. The molecule has 98 valence electrons. The second kappa shape index (κ2) is 6.05. The number of hydrogen-bond acceptors (Lipinski definition) is 2.